The minimum atomic E-state index is -3.97. The van der Waals surface area contributed by atoms with Gasteiger partial charge < -0.3 is 0 Å². The Morgan fingerprint density at radius 3 is 1.81 bits per heavy atom. The quantitative estimate of drug-likeness (QED) is 0.276. The van der Waals surface area contributed by atoms with Gasteiger partial charge in [-0.05, 0) is 59.9 Å². The van der Waals surface area contributed by atoms with Gasteiger partial charge in [0, 0.05) is 19.6 Å². The van der Waals surface area contributed by atoms with Crippen LogP contribution >= 0.6 is 116 Å². The van der Waals surface area contributed by atoms with Crippen LogP contribution in [0.3, 0.4) is 0 Å². The number of hydrogen-bond donors (Lipinski definition) is 2. The molecule has 2 amide bonds. The second-order valence-electron chi connectivity index (χ2n) is 4.84. The molecule has 0 spiro atoms. The molecule has 0 aromatic carbocycles. The SMILES string of the molecule is O=C(Nc1ncc(Br)s1)NS(=O)(=O)c1cc(Br)c(Cl)s1.O=S(=O)(Cl)c1cc(Br)c(Cl)s1. The highest BCUT2D eigenvalue weighted by atomic mass is 79.9. The van der Waals surface area contributed by atoms with Gasteiger partial charge in [-0.3, -0.25) is 5.32 Å². The van der Waals surface area contributed by atoms with Gasteiger partial charge >= 0.3 is 6.03 Å². The lowest BCUT2D eigenvalue weighted by atomic mass is 10.7. The van der Waals surface area contributed by atoms with Crippen LogP contribution < -0.4 is 10.0 Å². The third kappa shape index (κ3) is 8.35. The van der Waals surface area contributed by atoms with Gasteiger partial charge in [-0.1, -0.05) is 34.5 Å². The van der Waals surface area contributed by atoms with E-state index in [1.165, 1.54) is 18.3 Å². The molecule has 0 radical (unpaired) electrons. The molecule has 0 saturated carbocycles. The first kappa shape index (κ1) is 27.8. The van der Waals surface area contributed by atoms with Crippen LogP contribution in [-0.2, 0) is 19.1 Å². The van der Waals surface area contributed by atoms with Crippen molar-refractivity contribution < 1.29 is 21.6 Å². The van der Waals surface area contributed by atoms with Crippen molar-refractivity contribution in [2.75, 3.05) is 5.32 Å². The topological polar surface area (TPSA) is 122 Å². The number of carbonyl (C=O) groups excluding carboxylic acids is 1. The zero-order valence-corrected chi connectivity index (χ0v) is 25.1. The molecule has 3 aromatic heterocycles. The van der Waals surface area contributed by atoms with E-state index < -0.39 is 25.1 Å². The minimum absolute atomic E-state index is 0.0519. The molecule has 0 atom stereocenters. The van der Waals surface area contributed by atoms with Crippen molar-refractivity contribution in [3.63, 3.8) is 0 Å². The predicted octanol–water partition coefficient (Wildman–Crippen LogP) is 6.98. The fourth-order valence-corrected chi connectivity index (χ4v) is 8.87. The van der Waals surface area contributed by atoms with Crippen molar-refractivity contribution in [2.24, 2.45) is 0 Å². The number of amides is 2. The third-order valence-electron chi connectivity index (χ3n) is 2.68. The first-order valence-electron chi connectivity index (χ1n) is 6.98. The molecule has 170 valence electrons. The fraction of sp³-hybridized carbons (Fsp3) is 0. The Bertz CT molecular complexity index is 1280. The van der Waals surface area contributed by atoms with E-state index in [4.69, 9.17) is 33.9 Å². The summed E-state index contributed by atoms with van der Waals surface area (Å²) in [6.45, 7) is 0. The molecule has 2 N–H and O–H groups in total. The Labute approximate surface area is 228 Å². The second-order valence-corrected chi connectivity index (χ2v) is 17.0. The van der Waals surface area contributed by atoms with Gasteiger partial charge in [-0.15, -0.1) is 22.7 Å². The van der Waals surface area contributed by atoms with Crippen LogP contribution in [0.2, 0.25) is 8.67 Å². The Morgan fingerprint density at radius 2 is 1.45 bits per heavy atom. The smallest absolute Gasteiger partial charge is 0.283 e. The summed E-state index contributed by atoms with van der Waals surface area (Å²) >= 11 is 23.6. The summed E-state index contributed by atoms with van der Waals surface area (Å²) in [7, 11) is -2.55. The van der Waals surface area contributed by atoms with Gasteiger partial charge in [0.2, 0.25) is 0 Å². The number of urea groups is 1. The van der Waals surface area contributed by atoms with Gasteiger partial charge in [0.1, 0.15) is 17.1 Å². The first-order valence-corrected chi connectivity index (χ1v) is 16.4. The molecule has 0 fully saturated rings. The van der Waals surface area contributed by atoms with Crippen molar-refractivity contribution >= 4 is 146 Å². The van der Waals surface area contributed by atoms with Crippen molar-refractivity contribution in [2.45, 2.75) is 8.42 Å². The molecule has 8 nitrogen and oxygen atoms in total. The van der Waals surface area contributed by atoms with E-state index in [9.17, 15) is 21.6 Å². The van der Waals surface area contributed by atoms with E-state index in [0.717, 1.165) is 34.0 Å². The van der Waals surface area contributed by atoms with Crippen molar-refractivity contribution in [1.29, 1.82) is 0 Å². The standard InChI is InChI=1S/C8H4Br2ClN3O3S3.C4HBrCl2O2S2/c9-3-1-5(19-6(3)11)20(16,17)14-7(15)13-8-12-2-4(10)18-8;5-2-1-3(10-4(2)6)11(7,8)9/h1-2H,(H2,12,13,14,15);1H. The summed E-state index contributed by atoms with van der Waals surface area (Å²) in [4.78, 5) is 15.5. The number of hydrogen-bond acceptors (Lipinski definition) is 9. The Kier molecular flexibility index (Phi) is 10.1. The molecule has 0 aliphatic rings. The van der Waals surface area contributed by atoms with Crippen LogP contribution in [0.15, 0.2) is 39.5 Å². The van der Waals surface area contributed by atoms with Crippen molar-refractivity contribution in [3.8, 4) is 0 Å². The molecule has 0 aliphatic heterocycles. The summed E-state index contributed by atoms with van der Waals surface area (Å²) in [6, 6.07) is 1.80. The summed E-state index contributed by atoms with van der Waals surface area (Å²) in [5.41, 5.74) is 0. The normalized spacial score (nSPS) is 11.5. The molecule has 3 aromatic rings. The summed E-state index contributed by atoms with van der Waals surface area (Å²) < 4.78 is 49.5. The van der Waals surface area contributed by atoms with Crippen LogP contribution in [0.25, 0.3) is 0 Å². The van der Waals surface area contributed by atoms with Crippen molar-refractivity contribution in [1.82, 2.24) is 9.71 Å². The van der Waals surface area contributed by atoms with E-state index in [2.05, 4.69) is 58.1 Å². The lowest BCUT2D eigenvalue weighted by molar-refractivity contribution is 0.256. The number of anilines is 1. The molecule has 0 aliphatic carbocycles. The zero-order valence-electron chi connectivity index (χ0n) is 14.0. The van der Waals surface area contributed by atoms with Crippen molar-refractivity contribution in [3.05, 3.63) is 39.7 Å². The maximum Gasteiger partial charge on any atom is 0.334 e. The molecule has 0 saturated heterocycles. The first-order chi connectivity index (χ1) is 14.2. The lowest BCUT2D eigenvalue weighted by Crippen LogP contribution is -2.33. The maximum atomic E-state index is 11.9. The Balaban J connectivity index is 0.000000262. The molecular formula is C12H5Br3Cl3N3O5S5. The van der Waals surface area contributed by atoms with E-state index >= 15 is 0 Å². The second kappa shape index (κ2) is 11.3. The monoisotopic (exact) mass is 773 g/mol. The highest BCUT2D eigenvalue weighted by Gasteiger charge is 2.22. The highest BCUT2D eigenvalue weighted by molar-refractivity contribution is 9.11. The largest absolute Gasteiger partial charge is 0.334 e. The summed E-state index contributed by atoms with van der Waals surface area (Å²) in [5.74, 6) is 0. The Hall–Kier alpha value is 0.510. The zero-order chi connectivity index (χ0) is 23.6. The van der Waals surface area contributed by atoms with Crippen LogP contribution in [0.4, 0.5) is 9.93 Å². The highest BCUT2D eigenvalue weighted by Crippen LogP contribution is 2.36. The van der Waals surface area contributed by atoms with Crippen LogP contribution in [0.1, 0.15) is 0 Å². The minimum Gasteiger partial charge on any atom is -0.283 e. The summed E-state index contributed by atoms with van der Waals surface area (Å²) in [6.07, 6.45) is 1.49. The molecular weight excluding hydrogens is 773 g/mol. The van der Waals surface area contributed by atoms with E-state index in [-0.39, 0.29) is 17.9 Å². The fourth-order valence-electron chi connectivity index (χ4n) is 1.51. The lowest BCUT2D eigenvalue weighted by Gasteiger charge is -2.04. The number of aromatic nitrogens is 1. The molecule has 31 heavy (non-hydrogen) atoms. The number of halogens is 6. The van der Waals surface area contributed by atoms with Gasteiger partial charge in [-0.25, -0.2) is 31.3 Å². The molecule has 3 rings (SSSR count). The van der Waals surface area contributed by atoms with Crippen LogP contribution in [0.5, 0.6) is 0 Å². The molecule has 0 unspecified atom stereocenters. The third-order valence-corrected chi connectivity index (χ3v) is 12.9. The van der Waals surface area contributed by atoms with Crippen LogP contribution in [-0.4, -0.2) is 27.9 Å². The van der Waals surface area contributed by atoms with Gasteiger partial charge in [0.05, 0.1) is 9.98 Å². The van der Waals surface area contributed by atoms with Gasteiger partial charge in [0.25, 0.3) is 19.1 Å². The van der Waals surface area contributed by atoms with E-state index in [0.29, 0.717) is 17.1 Å². The number of nitrogens with one attached hydrogen (secondary N) is 2. The number of sulfonamides is 1. The average Bonchev–Trinajstić information content (AvgIpc) is 3.28. The molecule has 19 heteroatoms. The maximum absolute atomic E-state index is 11.9. The summed E-state index contributed by atoms with van der Waals surface area (Å²) in [5, 5.41) is 2.59. The average molecular weight is 778 g/mol. The van der Waals surface area contributed by atoms with Gasteiger partial charge in [-0.2, -0.15) is 0 Å². The predicted molar refractivity (Wildman–Crippen MR) is 136 cm³/mol. The van der Waals surface area contributed by atoms with E-state index in [1.54, 1.807) is 0 Å². The molecule has 3 heterocycles. The number of rotatable bonds is 4. The molecule has 0 bridgehead atoms. The van der Waals surface area contributed by atoms with Crippen LogP contribution in [0, 0.1) is 0 Å². The number of carbonyl (C=O) groups is 1. The Morgan fingerprint density at radius 1 is 0.935 bits per heavy atom. The number of nitrogens with zero attached hydrogens (tertiary/aromatic N) is 1. The van der Waals surface area contributed by atoms with Gasteiger partial charge in [0.15, 0.2) is 5.13 Å². The van der Waals surface area contributed by atoms with E-state index in [1.807, 2.05) is 4.72 Å². The number of thiazole rings is 1. The number of thiophene rings is 2.